The van der Waals surface area contributed by atoms with E-state index in [1.165, 1.54) is 0 Å². The van der Waals surface area contributed by atoms with Gasteiger partial charge in [-0.05, 0) is 18.6 Å². The molecule has 0 radical (unpaired) electrons. The summed E-state index contributed by atoms with van der Waals surface area (Å²) in [7, 11) is 0. The largest absolute Gasteiger partial charge is 0.449 e. The molecule has 1 aromatic rings. The first-order valence-corrected chi connectivity index (χ1v) is 6.09. The summed E-state index contributed by atoms with van der Waals surface area (Å²) in [5.41, 5.74) is 1.06. The summed E-state index contributed by atoms with van der Waals surface area (Å²) in [4.78, 5) is 13.0. The van der Waals surface area contributed by atoms with Crippen molar-refractivity contribution in [3.8, 4) is 12.3 Å². The quantitative estimate of drug-likeness (QED) is 0.578. The van der Waals surface area contributed by atoms with E-state index < -0.39 is 6.10 Å². The molecule has 0 N–H and O–H groups in total. The molecule has 2 nitrogen and oxygen atoms in total. The van der Waals surface area contributed by atoms with Crippen molar-refractivity contribution in [2.75, 3.05) is 5.75 Å². The lowest BCUT2D eigenvalue weighted by Crippen LogP contribution is -2.20. The van der Waals surface area contributed by atoms with Crippen molar-refractivity contribution in [2.45, 2.75) is 23.8 Å². The van der Waals surface area contributed by atoms with Crippen LogP contribution >= 0.6 is 11.8 Å². The van der Waals surface area contributed by atoms with Crippen molar-refractivity contribution >= 4 is 17.7 Å². The standard InChI is InChI=1S/C13H12O2S/c1-3-9(2)15-13(14)11-8-16-12-7-5-4-6-10(11)12/h1,4-7,9,11H,8H2,2H3/t9-,11-/m0/s1. The lowest BCUT2D eigenvalue weighted by Gasteiger charge is -2.12. The predicted molar refractivity (Wildman–Crippen MR) is 64.3 cm³/mol. The minimum absolute atomic E-state index is 0.169. The second kappa shape index (κ2) is 4.63. The average molecular weight is 232 g/mol. The fourth-order valence-corrected chi connectivity index (χ4v) is 2.86. The Labute approximate surface area is 99.4 Å². The summed E-state index contributed by atoms with van der Waals surface area (Å²) in [6.45, 7) is 1.70. The maximum absolute atomic E-state index is 11.8. The van der Waals surface area contributed by atoms with Crippen molar-refractivity contribution in [1.82, 2.24) is 0 Å². The Balaban J connectivity index is 2.14. The predicted octanol–water partition coefficient (Wildman–Crippen LogP) is 2.44. The van der Waals surface area contributed by atoms with Gasteiger partial charge in [-0.2, -0.15) is 0 Å². The van der Waals surface area contributed by atoms with Gasteiger partial charge in [0.25, 0.3) is 0 Å². The molecule has 1 aliphatic heterocycles. The summed E-state index contributed by atoms with van der Waals surface area (Å²) in [5.74, 6) is 2.75. The molecule has 0 bridgehead atoms. The molecule has 0 saturated carbocycles. The third-order valence-corrected chi connectivity index (χ3v) is 3.69. The van der Waals surface area contributed by atoms with Crippen LogP contribution in [0.25, 0.3) is 0 Å². The lowest BCUT2D eigenvalue weighted by molar-refractivity contribution is -0.147. The third-order valence-electron chi connectivity index (χ3n) is 2.51. The van der Waals surface area contributed by atoms with Gasteiger partial charge >= 0.3 is 5.97 Å². The van der Waals surface area contributed by atoms with Crippen LogP contribution in [-0.2, 0) is 9.53 Å². The number of terminal acetylenes is 1. The Morgan fingerprint density at radius 2 is 2.38 bits per heavy atom. The van der Waals surface area contributed by atoms with Crippen LogP contribution < -0.4 is 0 Å². The second-order valence-electron chi connectivity index (χ2n) is 3.65. The zero-order valence-electron chi connectivity index (χ0n) is 8.97. The highest BCUT2D eigenvalue weighted by Gasteiger charge is 2.30. The number of esters is 1. The minimum atomic E-state index is -0.453. The Kier molecular flexibility index (Phi) is 3.21. The molecule has 0 fully saturated rings. The van der Waals surface area contributed by atoms with Gasteiger partial charge in [-0.1, -0.05) is 24.1 Å². The molecule has 0 amide bonds. The van der Waals surface area contributed by atoms with Crippen LogP contribution in [0.3, 0.4) is 0 Å². The van der Waals surface area contributed by atoms with Gasteiger partial charge in [0.15, 0.2) is 6.10 Å². The maximum Gasteiger partial charge on any atom is 0.315 e. The Morgan fingerprint density at radius 1 is 1.62 bits per heavy atom. The Hall–Kier alpha value is -1.40. The van der Waals surface area contributed by atoms with Gasteiger partial charge in [0.05, 0.1) is 5.92 Å². The molecule has 82 valence electrons. The maximum atomic E-state index is 11.8. The molecule has 3 heteroatoms. The van der Waals surface area contributed by atoms with Crippen LogP contribution in [0.4, 0.5) is 0 Å². The zero-order chi connectivity index (χ0) is 11.5. The van der Waals surface area contributed by atoms with Crippen molar-refractivity contribution in [3.05, 3.63) is 29.8 Å². The van der Waals surface area contributed by atoms with E-state index in [9.17, 15) is 4.79 Å². The molecule has 0 saturated heterocycles. The molecule has 0 spiro atoms. The van der Waals surface area contributed by atoms with E-state index in [0.29, 0.717) is 0 Å². The van der Waals surface area contributed by atoms with Crippen LogP contribution in [0.2, 0.25) is 0 Å². The van der Waals surface area contributed by atoms with Crippen molar-refractivity contribution < 1.29 is 9.53 Å². The van der Waals surface area contributed by atoms with Gasteiger partial charge in [0.1, 0.15) is 0 Å². The van der Waals surface area contributed by atoms with Gasteiger partial charge in [-0.25, -0.2) is 0 Å². The number of rotatable bonds is 2. The second-order valence-corrected chi connectivity index (χ2v) is 4.71. The fraction of sp³-hybridized carbons (Fsp3) is 0.308. The number of ether oxygens (including phenoxy) is 1. The highest BCUT2D eigenvalue weighted by molar-refractivity contribution is 7.99. The number of hydrogen-bond donors (Lipinski definition) is 0. The van der Waals surface area contributed by atoms with E-state index >= 15 is 0 Å². The van der Waals surface area contributed by atoms with Crippen LogP contribution in [-0.4, -0.2) is 17.8 Å². The summed E-state index contributed by atoms with van der Waals surface area (Å²) < 4.78 is 5.15. The Morgan fingerprint density at radius 3 is 3.12 bits per heavy atom. The van der Waals surface area contributed by atoms with Crippen molar-refractivity contribution in [2.24, 2.45) is 0 Å². The summed E-state index contributed by atoms with van der Waals surface area (Å²) in [5, 5.41) is 0. The number of fused-ring (bicyclic) bond motifs is 1. The van der Waals surface area contributed by atoms with Crippen molar-refractivity contribution in [1.29, 1.82) is 0 Å². The topological polar surface area (TPSA) is 26.3 Å². The van der Waals surface area contributed by atoms with E-state index in [-0.39, 0.29) is 11.9 Å². The average Bonchev–Trinajstić information content (AvgIpc) is 2.72. The van der Waals surface area contributed by atoms with E-state index in [0.717, 1.165) is 16.2 Å². The number of thioether (sulfide) groups is 1. The van der Waals surface area contributed by atoms with Crippen LogP contribution in [0.1, 0.15) is 18.4 Å². The van der Waals surface area contributed by atoms with E-state index in [1.54, 1.807) is 18.7 Å². The lowest BCUT2D eigenvalue weighted by atomic mass is 10.0. The number of carbonyl (C=O) groups is 1. The van der Waals surface area contributed by atoms with E-state index in [1.807, 2.05) is 24.3 Å². The molecule has 0 unspecified atom stereocenters. The third kappa shape index (κ3) is 2.07. The number of benzene rings is 1. The fourth-order valence-electron chi connectivity index (χ4n) is 1.65. The molecule has 2 rings (SSSR count). The van der Waals surface area contributed by atoms with Gasteiger partial charge in [-0.15, -0.1) is 18.2 Å². The minimum Gasteiger partial charge on any atom is -0.449 e. The highest BCUT2D eigenvalue weighted by Crippen LogP contribution is 2.39. The molecule has 2 atom stereocenters. The summed E-state index contributed by atoms with van der Waals surface area (Å²) in [6.07, 6.45) is 4.73. The highest BCUT2D eigenvalue weighted by atomic mass is 32.2. The molecule has 1 heterocycles. The summed E-state index contributed by atoms with van der Waals surface area (Å²) in [6, 6.07) is 7.92. The van der Waals surface area contributed by atoms with Crippen LogP contribution in [0.15, 0.2) is 29.2 Å². The molecule has 1 aromatic carbocycles. The van der Waals surface area contributed by atoms with Gasteiger partial charge in [0.2, 0.25) is 0 Å². The van der Waals surface area contributed by atoms with E-state index in [2.05, 4.69) is 5.92 Å². The SMILES string of the molecule is C#C[C@H](C)OC(=O)[C@H]1CSc2ccccc21. The first-order chi connectivity index (χ1) is 7.72. The first kappa shape index (κ1) is 11.1. The normalized spacial score (nSPS) is 19.6. The van der Waals surface area contributed by atoms with E-state index in [4.69, 9.17) is 11.2 Å². The molecular formula is C13H12O2S. The van der Waals surface area contributed by atoms with Gasteiger partial charge < -0.3 is 4.74 Å². The molecule has 16 heavy (non-hydrogen) atoms. The summed E-state index contributed by atoms with van der Waals surface area (Å²) >= 11 is 1.69. The number of carbonyl (C=O) groups excluding carboxylic acids is 1. The van der Waals surface area contributed by atoms with Crippen molar-refractivity contribution in [3.63, 3.8) is 0 Å². The number of hydrogen-bond acceptors (Lipinski definition) is 3. The monoisotopic (exact) mass is 232 g/mol. The molecular weight excluding hydrogens is 220 g/mol. The zero-order valence-corrected chi connectivity index (χ0v) is 9.79. The molecule has 0 aliphatic carbocycles. The smallest absolute Gasteiger partial charge is 0.315 e. The Bertz CT molecular complexity index is 447. The van der Waals surface area contributed by atoms with Crippen LogP contribution in [0.5, 0.6) is 0 Å². The first-order valence-electron chi connectivity index (χ1n) is 5.10. The van der Waals surface area contributed by atoms with Crippen LogP contribution in [0, 0.1) is 12.3 Å². The molecule has 0 aromatic heterocycles. The molecule has 1 aliphatic rings. The van der Waals surface area contributed by atoms with Gasteiger partial charge in [-0.3, -0.25) is 4.79 Å². The van der Waals surface area contributed by atoms with Gasteiger partial charge in [0, 0.05) is 10.6 Å².